The molecule has 0 saturated heterocycles. The van der Waals surface area contributed by atoms with Crippen LogP contribution in [0.25, 0.3) is 0 Å². The molecule has 1 aliphatic carbocycles. The lowest BCUT2D eigenvalue weighted by atomic mass is 9.62. The topological polar surface area (TPSA) is 9.23 Å². The van der Waals surface area contributed by atoms with Crippen molar-refractivity contribution in [3.8, 4) is 0 Å². The first-order valence-corrected chi connectivity index (χ1v) is 11.5. The molecule has 0 aromatic heterocycles. The third-order valence-corrected chi connectivity index (χ3v) is 5.09. The standard InChI is InChI=1S/C14H27IOSi/c1-5-6-9-14(10-7-11-14)13(8-12-15)16-17(2,3)4/h8,12-13H,5-7,9-11H2,1-4H3/b12-8-. The first kappa shape index (κ1) is 15.7. The Hall–Kier alpha value is 0.647. The van der Waals surface area contributed by atoms with E-state index in [0.717, 1.165) is 0 Å². The molecular weight excluding hydrogens is 339 g/mol. The van der Waals surface area contributed by atoms with E-state index < -0.39 is 8.32 Å². The van der Waals surface area contributed by atoms with Gasteiger partial charge in [-0.25, -0.2) is 0 Å². The van der Waals surface area contributed by atoms with Gasteiger partial charge in [-0.1, -0.05) is 54.9 Å². The summed E-state index contributed by atoms with van der Waals surface area (Å²) in [4.78, 5) is 0. The highest BCUT2D eigenvalue weighted by Gasteiger charge is 2.44. The van der Waals surface area contributed by atoms with Crippen LogP contribution in [0.15, 0.2) is 10.2 Å². The SMILES string of the molecule is CCCCC1(C(/C=C\I)O[Si](C)(C)C)CCC1. The summed E-state index contributed by atoms with van der Waals surface area (Å²) in [6.07, 6.45) is 10.8. The monoisotopic (exact) mass is 366 g/mol. The Balaban J connectivity index is 2.72. The average molecular weight is 366 g/mol. The Morgan fingerprint density at radius 2 is 2.00 bits per heavy atom. The van der Waals surface area contributed by atoms with Crippen molar-refractivity contribution in [3.05, 3.63) is 10.2 Å². The highest BCUT2D eigenvalue weighted by molar-refractivity contribution is 14.1. The molecule has 0 spiro atoms. The van der Waals surface area contributed by atoms with E-state index in [1.807, 2.05) is 0 Å². The van der Waals surface area contributed by atoms with Crippen LogP contribution in [0, 0.1) is 5.41 Å². The first-order valence-electron chi connectivity index (χ1n) is 6.88. The van der Waals surface area contributed by atoms with E-state index in [0.29, 0.717) is 11.5 Å². The van der Waals surface area contributed by atoms with Crippen molar-refractivity contribution in [2.75, 3.05) is 0 Å². The maximum atomic E-state index is 6.43. The van der Waals surface area contributed by atoms with Gasteiger partial charge in [0, 0.05) is 0 Å². The maximum Gasteiger partial charge on any atom is 0.184 e. The molecule has 0 aliphatic heterocycles. The van der Waals surface area contributed by atoms with E-state index in [2.05, 4.69) is 59.3 Å². The molecule has 0 N–H and O–H groups in total. The zero-order chi connectivity index (χ0) is 12.9. The van der Waals surface area contributed by atoms with Crippen LogP contribution >= 0.6 is 22.6 Å². The van der Waals surface area contributed by atoms with Crippen molar-refractivity contribution in [3.63, 3.8) is 0 Å². The molecule has 0 aromatic rings. The Bertz CT molecular complexity index is 253. The smallest absolute Gasteiger partial charge is 0.184 e. The fourth-order valence-electron chi connectivity index (χ4n) is 2.65. The summed E-state index contributed by atoms with van der Waals surface area (Å²) >= 11 is 2.33. The molecule has 1 aliphatic rings. The van der Waals surface area contributed by atoms with Gasteiger partial charge in [-0.3, -0.25) is 0 Å². The normalized spacial score (nSPS) is 21.5. The van der Waals surface area contributed by atoms with Crippen LogP contribution in [0.5, 0.6) is 0 Å². The Kier molecular flexibility index (Phi) is 6.20. The number of hydrogen-bond acceptors (Lipinski definition) is 1. The number of hydrogen-bond donors (Lipinski definition) is 0. The van der Waals surface area contributed by atoms with E-state index in [9.17, 15) is 0 Å². The molecule has 100 valence electrons. The first-order chi connectivity index (χ1) is 7.93. The summed E-state index contributed by atoms with van der Waals surface area (Å²) in [5, 5.41) is 0. The fraction of sp³-hybridized carbons (Fsp3) is 0.857. The second-order valence-electron chi connectivity index (χ2n) is 6.29. The molecule has 0 radical (unpaired) electrons. The maximum absolute atomic E-state index is 6.43. The molecule has 1 atom stereocenters. The minimum Gasteiger partial charge on any atom is -0.411 e. The van der Waals surface area contributed by atoms with Gasteiger partial charge in [0.1, 0.15) is 0 Å². The van der Waals surface area contributed by atoms with Crippen LogP contribution in [0.3, 0.4) is 0 Å². The van der Waals surface area contributed by atoms with Gasteiger partial charge in [-0.15, -0.1) is 0 Å². The van der Waals surface area contributed by atoms with Crippen molar-refractivity contribution < 1.29 is 4.43 Å². The molecule has 1 fully saturated rings. The van der Waals surface area contributed by atoms with E-state index in [1.165, 1.54) is 38.5 Å². The van der Waals surface area contributed by atoms with E-state index in [1.54, 1.807) is 0 Å². The Labute approximate surface area is 122 Å². The van der Waals surface area contributed by atoms with Crippen molar-refractivity contribution in [2.24, 2.45) is 5.41 Å². The van der Waals surface area contributed by atoms with Crippen LogP contribution < -0.4 is 0 Å². The summed E-state index contributed by atoms with van der Waals surface area (Å²) in [7, 11) is -1.44. The number of rotatable bonds is 7. The Morgan fingerprint density at radius 3 is 2.35 bits per heavy atom. The Morgan fingerprint density at radius 1 is 1.35 bits per heavy atom. The van der Waals surface area contributed by atoms with E-state index in [4.69, 9.17) is 4.43 Å². The molecular formula is C14H27IOSi. The van der Waals surface area contributed by atoms with E-state index in [-0.39, 0.29) is 0 Å². The summed E-state index contributed by atoms with van der Waals surface area (Å²) in [5.41, 5.74) is 0.470. The fourth-order valence-corrected chi connectivity index (χ4v) is 4.12. The van der Waals surface area contributed by atoms with Gasteiger partial charge in [0.15, 0.2) is 8.32 Å². The molecule has 0 bridgehead atoms. The number of halogens is 1. The van der Waals surface area contributed by atoms with Gasteiger partial charge >= 0.3 is 0 Å². The molecule has 1 saturated carbocycles. The van der Waals surface area contributed by atoms with Crippen LogP contribution in [-0.4, -0.2) is 14.4 Å². The van der Waals surface area contributed by atoms with Gasteiger partial charge in [0.25, 0.3) is 0 Å². The third-order valence-electron chi connectivity index (χ3n) is 3.71. The molecule has 3 heteroatoms. The van der Waals surface area contributed by atoms with Gasteiger partial charge in [0.05, 0.1) is 6.10 Å². The molecule has 1 unspecified atom stereocenters. The predicted octanol–water partition coefficient (Wildman–Crippen LogP) is 5.52. The second-order valence-corrected chi connectivity index (χ2v) is 11.5. The lowest BCUT2D eigenvalue weighted by molar-refractivity contribution is -0.00330. The van der Waals surface area contributed by atoms with Gasteiger partial charge < -0.3 is 4.43 Å². The largest absolute Gasteiger partial charge is 0.411 e. The highest BCUT2D eigenvalue weighted by Crippen LogP contribution is 2.50. The quantitative estimate of drug-likeness (QED) is 0.426. The van der Waals surface area contributed by atoms with Gasteiger partial charge in [0.2, 0.25) is 0 Å². The van der Waals surface area contributed by atoms with Crippen molar-refractivity contribution in [1.82, 2.24) is 0 Å². The number of unbranched alkanes of at least 4 members (excludes halogenated alkanes) is 1. The zero-order valence-corrected chi connectivity index (χ0v) is 14.9. The summed E-state index contributed by atoms with van der Waals surface area (Å²) in [6.45, 7) is 9.18. The van der Waals surface area contributed by atoms with Crippen LogP contribution in [0.4, 0.5) is 0 Å². The summed E-state index contributed by atoms with van der Waals surface area (Å²) < 4.78 is 8.58. The van der Waals surface area contributed by atoms with Crippen molar-refractivity contribution in [2.45, 2.75) is 71.2 Å². The minimum absolute atomic E-state index is 0.367. The van der Waals surface area contributed by atoms with Crippen LogP contribution in [0.2, 0.25) is 19.6 Å². The van der Waals surface area contributed by atoms with Gasteiger partial charge in [-0.05, 0) is 48.4 Å². The van der Waals surface area contributed by atoms with Crippen molar-refractivity contribution >= 4 is 30.9 Å². The average Bonchev–Trinajstić information content (AvgIpc) is 2.14. The summed E-state index contributed by atoms with van der Waals surface area (Å²) in [5.74, 6) is 0. The molecule has 1 rings (SSSR count). The molecule has 17 heavy (non-hydrogen) atoms. The zero-order valence-electron chi connectivity index (χ0n) is 11.8. The van der Waals surface area contributed by atoms with Crippen LogP contribution in [-0.2, 0) is 4.43 Å². The van der Waals surface area contributed by atoms with Gasteiger partial charge in [-0.2, -0.15) is 0 Å². The minimum atomic E-state index is -1.44. The van der Waals surface area contributed by atoms with Crippen molar-refractivity contribution in [1.29, 1.82) is 0 Å². The van der Waals surface area contributed by atoms with Crippen LogP contribution in [0.1, 0.15) is 45.4 Å². The molecule has 1 nitrogen and oxygen atoms in total. The molecule has 0 heterocycles. The lowest BCUT2D eigenvalue weighted by Gasteiger charge is -2.48. The molecule has 0 aromatic carbocycles. The third kappa shape index (κ3) is 4.67. The van der Waals surface area contributed by atoms with E-state index >= 15 is 0 Å². The summed E-state index contributed by atoms with van der Waals surface area (Å²) in [6, 6.07) is 0. The second kappa shape index (κ2) is 6.71. The highest BCUT2D eigenvalue weighted by atomic mass is 127. The lowest BCUT2D eigenvalue weighted by Crippen LogP contribution is -2.46. The predicted molar refractivity (Wildman–Crippen MR) is 87.2 cm³/mol. The molecule has 0 amide bonds.